The average Bonchev–Trinajstić information content (AvgIpc) is 3.16. The Labute approximate surface area is 179 Å². The van der Waals surface area contributed by atoms with E-state index in [1.807, 2.05) is 12.1 Å². The third kappa shape index (κ3) is 5.07. The summed E-state index contributed by atoms with van der Waals surface area (Å²) in [7, 11) is 1.80. The van der Waals surface area contributed by atoms with E-state index in [1.54, 1.807) is 24.3 Å². The van der Waals surface area contributed by atoms with Crippen LogP contribution in [0.1, 0.15) is 30.4 Å². The van der Waals surface area contributed by atoms with Crippen molar-refractivity contribution in [3.8, 4) is 11.1 Å². The molecule has 0 unspecified atom stereocenters. The van der Waals surface area contributed by atoms with E-state index in [0.717, 1.165) is 53.7 Å². The summed E-state index contributed by atoms with van der Waals surface area (Å²) in [4.78, 5) is 20.5. The van der Waals surface area contributed by atoms with Crippen LogP contribution in [0.15, 0.2) is 36.7 Å². The van der Waals surface area contributed by atoms with E-state index in [2.05, 4.69) is 22.0 Å². The number of aromatic nitrogens is 1. The molecule has 2 aromatic rings. The van der Waals surface area contributed by atoms with Crippen LogP contribution in [0.3, 0.4) is 0 Å². The van der Waals surface area contributed by atoms with Crippen molar-refractivity contribution in [2.24, 2.45) is 0 Å². The van der Waals surface area contributed by atoms with Crippen molar-refractivity contribution in [1.82, 2.24) is 9.88 Å². The predicted molar refractivity (Wildman–Crippen MR) is 112 cm³/mol. The molecule has 2 aliphatic rings. The van der Waals surface area contributed by atoms with Gasteiger partial charge in [0.25, 0.3) is 0 Å². The lowest BCUT2D eigenvalue weighted by molar-refractivity contribution is -0.176. The summed E-state index contributed by atoms with van der Waals surface area (Å²) in [6.07, 6.45) is 2.28. The molecule has 166 valence electrons. The van der Waals surface area contributed by atoms with Gasteiger partial charge in [0.1, 0.15) is 6.61 Å². The smallest absolute Gasteiger partial charge is 0.370 e. The second kappa shape index (κ2) is 8.96. The maximum Gasteiger partial charge on any atom is 0.411 e. The molecule has 1 atom stereocenters. The number of para-hydroxylation sites is 1. The molecule has 0 saturated carbocycles. The number of amides is 1. The third-order valence-electron chi connectivity index (χ3n) is 6.00. The summed E-state index contributed by atoms with van der Waals surface area (Å²) >= 11 is 0. The summed E-state index contributed by atoms with van der Waals surface area (Å²) in [5.74, 6) is 0.0998. The fourth-order valence-corrected chi connectivity index (χ4v) is 4.51. The zero-order chi connectivity index (χ0) is 22.0. The first-order valence-corrected chi connectivity index (χ1v) is 10.5. The van der Waals surface area contributed by atoms with Gasteiger partial charge in [0.2, 0.25) is 5.91 Å². The van der Waals surface area contributed by atoms with Crippen molar-refractivity contribution in [2.75, 3.05) is 31.7 Å². The number of halogens is 3. The van der Waals surface area contributed by atoms with Crippen molar-refractivity contribution in [1.29, 1.82) is 0 Å². The largest absolute Gasteiger partial charge is 0.411 e. The SMILES string of the molecule is CN1C(=O)CCc2cccc(-c3cncc(CN4CCC[C@H]4COCC(F)(F)F)c3)c21. The lowest BCUT2D eigenvalue weighted by atomic mass is 9.94. The highest BCUT2D eigenvalue weighted by Crippen LogP contribution is 2.37. The number of nitrogens with zero attached hydrogens (tertiary/aromatic N) is 3. The Morgan fingerprint density at radius 3 is 2.87 bits per heavy atom. The number of fused-ring (bicyclic) bond motifs is 1. The predicted octanol–water partition coefficient (Wildman–Crippen LogP) is 4.20. The van der Waals surface area contributed by atoms with Gasteiger partial charge >= 0.3 is 6.18 Å². The van der Waals surface area contributed by atoms with Crippen LogP contribution in [0.4, 0.5) is 18.9 Å². The van der Waals surface area contributed by atoms with Gasteiger partial charge in [-0.3, -0.25) is 14.7 Å². The molecule has 31 heavy (non-hydrogen) atoms. The minimum atomic E-state index is -4.30. The second-order valence-corrected chi connectivity index (χ2v) is 8.24. The molecule has 8 heteroatoms. The maximum absolute atomic E-state index is 12.4. The van der Waals surface area contributed by atoms with Crippen molar-refractivity contribution in [3.63, 3.8) is 0 Å². The van der Waals surface area contributed by atoms with Crippen LogP contribution in [0.2, 0.25) is 0 Å². The number of benzene rings is 1. The number of hydrogen-bond donors (Lipinski definition) is 0. The molecule has 0 spiro atoms. The molecule has 0 bridgehead atoms. The van der Waals surface area contributed by atoms with E-state index in [4.69, 9.17) is 4.74 Å². The topological polar surface area (TPSA) is 45.7 Å². The van der Waals surface area contributed by atoms with Crippen LogP contribution < -0.4 is 4.90 Å². The lowest BCUT2D eigenvalue weighted by Gasteiger charge is -2.28. The molecule has 1 amide bonds. The number of rotatable bonds is 6. The maximum atomic E-state index is 12.4. The van der Waals surface area contributed by atoms with E-state index in [9.17, 15) is 18.0 Å². The molecule has 5 nitrogen and oxygen atoms in total. The second-order valence-electron chi connectivity index (χ2n) is 8.24. The normalized spacial score (nSPS) is 19.7. The minimum Gasteiger partial charge on any atom is -0.370 e. The average molecular weight is 433 g/mol. The number of pyridine rings is 1. The first kappa shape index (κ1) is 21.8. The molecule has 1 aromatic carbocycles. The number of ether oxygens (including phenoxy) is 1. The number of carbonyl (C=O) groups is 1. The number of likely N-dealkylation sites (tertiary alicyclic amines) is 1. The number of carbonyl (C=O) groups excluding carboxylic acids is 1. The Morgan fingerprint density at radius 2 is 2.06 bits per heavy atom. The van der Waals surface area contributed by atoms with Gasteiger partial charge in [-0.15, -0.1) is 0 Å². The van der Waals surface area contributed by atoms with Crippen LogP contribution >= 0.6 is 0 Å². The molecule has 0 radical (unpaired) electrons. The van der Waals surface area contributed by atoms with E-state index in [-0.39, 0.29) is 18.6 Å². The van der Waals surface area contributed by atoms with Crippen molar-refractivity contribution in [3.05, 3.63) is 47.8 Å². The van der Waals surface area contributed by atoms with Crippen LogP contribution in [0.5, 0.6) is 0 Å². The van der Waals surface area contributed by atoms with Gasteiger partial charge in [0, 0.05) is 49.6 Å². The van der Waals surface area contributed by atoms with E-state index >= 15 is 0 Å². The monoisotopic (exact) mass is 433 g/mol. The Morgan fingerprint density at radius 1 is 1.23 bits per heavy atom. The molecule has 4 rings (SSSR count). The van der Waals surface area contributed by atoms with Gasteiger partial charge in [-0.25, -0.2) is 0 Å². The van der Waals surface area contributed by atoms with Gasteiger partial charge in [-0.2, -0.15) is 13.2 Å². The Balaban J connectivity index is 1.50. The van der Waals surface area contributed by atoms with Gasteiger partial charge in [0.05, 0.1) is 12.3 Å². The number of hydrogen-bond acceptors (Lipinski definition) is 4. The molecule has 1 saturated heterocycles. The summed E-state index contributed by atoms with van der Waals surface area (Å²) in [5, 5.41) is 0. The third-order valence-corrected chi connectivity index (χ3v) is 6.00. The highest BCUT2D eigenvalue weighted by molar-refractivity contribution is 6.00. The zero-order valence-electron chi connectivity index (χ0n) is 17.5. The van der Waals surface area contributed by atoms with Crippen LogP contribution in [-0.4, -0.2) is 54.8 Å². The summed E-state index contributed by atoms with van der Waals surface area (Å²) < 4.78 is 42.0. The van der Waals surface area contributed by atoms with Crippen LogP contribution in [0, 0.1) is 0 Å². The molecule has 1 fully saturated rings. The lowest BCUT2D eigenvalue weighted by Crippen LogP contribution is -2.34. The molecular weight excluding hydrogens is 407 g/mol. The van der Waals surface area contributed by atoms with Gasteiger partial charge in [-0.1, -0.05) is 18.2 Å². The molecular formula is C23H26F3N3O2. The quantitative estimate of drug-likeness (QED) is 0.685. The van der Waals surface area contributed by atoms with Crippen molar-refractivity contribution < 1.29 is 22.7 Å². The first-order valence-electron chi connectivity index (χ1n) is 10.5. The first-order chi connectivity index (χ1) is 14.8. The van der Waals surface area contributed by atoms with Crippen LogP contribution in [-0.2, 0) is 22.5 Å². The number of aryl methyl sites for hydroxylation is 1. The van der Waals surface area contributed by atoms with Crippen LogP contribution in [0.25, 0.3) is 11.1 Å². The fourth-order valence-electron chi connectivity index (χ4n) is 4.51. The molecule has 1 aromatic heterocycles. The molecule has 0 N–H and O–H groups in total. The van der Waals surface area contributed by atoms with Crippen molar-refractivity contribution >= 4 is 11.6 Å². The molecule has 2 aliphatic heterocycles. The number of alkyl halides is 3. The van der Waals surface area contributed by atoms with Gasteiger partial charge in [0.15, 0.2) is 0 Å². The molecule has 0 aliphatic carbocycles. The Kier molecular flexibility index (Phi) is 6.29. The van der Waals surface area contributed by atoms with Gasteiger partial charge in [-0.05, 0) is 43.0 Å². The summed E-state index contributed by atoms with van der Waals surface area (Å²) in [6, 6.07) is 8.08. The highest BCUT2D eigenvalue weighted by Gasteiger charge is 2.30. The Bertz CT molecular complexity index is 948. The fraction of sp³-hybridized carbons (Fsp3) is 0.478. The number of anilines is 1. The van der Waals surface area contributed by atoms with E-state index in [0.29, 0.717) is 13.0 Å². The summed E-state index contributed by atoms with van der Waals surface area (Å²) in [6.45, 7) is 0.290. The Hall–Kier alpha value is -2.45. The highest BCUT2D eigenvalue weighted by atomic mass is 19.4. The van der Waals surface area contributed by atoms with E-state index < -0.39 is 12.8 Å². The van der Waals surface area contributed by atoms with E-state index in [1.165, 1.54) is 0 Å². The zero-order valence-corrected chi connectivity index (χ0v) is 17.5. The van der Waals surface area contributed by atoms with Crippen molar-refractivity contribution in [2.45, 2.75) is 44.4 Å². The summed E-state index contributed by atoms with van der Waals surface area (Å²) in [5.41, 5.74) is 4.96. The standard InChI is InChI=1S/C23H26F3N3O2/c1-28-21(30)8-7-17-4-2-6-20(22(17)28)18-10-16(11-27-12-18)13-29-9-3-5-19(29)14-31-15-23(24,25)26/h2,4,6,10-12,19H,3,5,7-9,13-15H2,1H3/t19-/m0/s1. The minimum absolute atomic E-state index is 0.0285. The molecule has 3 heterocycles. The van der Waals surface area contributed by atoms with Gasteiger partial charge < -0.3 is 9.64 Å².